The Morgan fingerprint density at radius 2 is 2.19 bits per heavy atom. The summed E-state index contributed by atoms with van der Waals surface area (Å²) in [7, 11) is 0. The Morgan fingerprint density at radius 1 is 1.33 bits per heavy atom. The van der Waals surface area contributed by atoms with Gasteiger partial charge in [0, 0.05) is 23.0 Å². The van der Waals surface area contributed by atoms with Gasteiger partial charge in [-0.2, -0.15) is 0 Å². The molecule has 2 atom stereocenters. The molecule has 2 aromatic heterocycles. The van der Waals surface area contributed by atoms with E-state index in [4.69, 9.17) is 0 Å². The fraction of sp³-hybridized carbons (Fsp3) is 0.368. The third-order valence-electron chi connectivity index (χ3n) is 4.72. The Kier molecular flexibility index (Phi) is 5.27. The third kappa shape index (κ3) is 3.77. The van der Waals surface area contributed by atoms with Gasteiger partial charge >= 0.3 is 0 Å². The summed E-state index contributed by atoms with van der Waals surface area (Å²) in [5.41, 5.74) is 2.26. The average molecular weight is 400 g/mol. The van der Waals surface area contributed by atoms with E-state index >= 15 is 0 Å². The van der Waals surface area contributed by atoms with E-state index < -0.39 is 0 Å². The molecular weight excluding hydrogens is 378 g/mol. The molecule has 140 valence electrons. The van der Waals surface area contributed by atoms with Gasteiger partial charge in [0.2, 0.25) is 11.1 Å². The molecule has 1 amide bonds. The van der Waals surface area contributed by atoms with Gasteiger partial charge < -0.3 is 4.90 Å². The zero-order valence-corrected chi connectivity index (χ0v) is 16.9. The highest BCUT2D eigenvalue weighted by Crippen LogP contribution is 2.34. The number of aryl methyl sites for hydroxylation is 2. The van der Waals surface area contributed by atoms with Crippen molar-refractivity contribution < 1.29 is 4.79 Å². The summed E-state index contributed by atoms with van der Waals surface area (Å²) in [5.74, 6) is 0.102. The van der Waals surface area contributed by atoms with Gasteiger partial charge in [-0.3, -0.25) is 4.79 Å². The highest BCUT2D eigenvalue weighted by molar-refractivity contribution is 8.00. The van der Waals surface area contributed by atoms with E-state index in [-0.39, 0.29) is 17.2 Å². The van der Waals surface area contributed by atoms with Crippen molar-refractivity contribution in [3.05, 3.63) is 52.2 Å². The molecule has 0 saturated heterocycles. The molecule has 6 nitrogen and oxygen atoms in total. The maximum atomic E-state index is 13.1. The predicted molar refractivity (Wildman–Crippen MR) is 108 cm³/mol. The number of hydrogen-bond donors (Lipinski definition) is 0. The number of nitrogens with zero attached hydrogens (tertiary/aromatic N) is 5. The highest BCUT2D eigenvalue weighted by atomic mass is 32.2. The molecule has 0 fully saturated rings. The molecule has 0 bridgehead atoms. The molecule has 0 radical (unpaired) electrons. The number of thioether (sulfide) groups is 1. The van der Waals surface area contributed by atoms with E-state index in [0.717, 1.165) is 18.5 Å². The molecular formula is C19H21N5OS2. The minimum Gasteiger partial charge on any atom is -0.308 e. The van der Waals surface area contributed by atoms with Gasteiger partial charge in [0.05, 0.1) is 11.8 Å². The van der Waals surface area contributed by atoms with Crippen molar-refractivity contribution >= 4 is 34.7 Å². The molecule has 27 heavy (non-hydrogen) atoms. The van der Waals surface area contributed by atoms with Crippen molar-refractivity contribution in [1.29, 1.82) is 0 Å². The molecule has 1 aliphatic rings. The summed E-state index contributed by atoms with van der Waals surface area (Å²) in [6.07, 6.45) is 1.78. The number of rotatable bonds is 6. The van der Waals surface area contributed by atoms with Gasteiger partial charge in [-0.05, 0) is 53.8 Å². The lowest BCUT2D eigenvalue weighted by Gasteiger charge is -2.25. The predicted octanol–water partition coefficient (Wildman–Crippen LogP) is 3.44. The lowest BCUT2D eigenvalue weighted by atomic mass is 10.1. The smallest absolute Gasteiger partial charge is 0.240 e. The number of tetrazole rings is 1. The second kappa shape index (κ2) is 7.82. The Balaban J connectivity index is 1.44. The maximum absolute atomic E-state index is 13.1. The lowest BCUT2D eigenvalue weighted by Crippen LogP contribution is -2.40. The molecule has 0 N–H and O–H groups in total. The highest BCUT2D eigenvalue weighted by Gasteiger charge is 2.33. The van der Waals surface area contributed by atoms with Crippen molar-refractivity contribution in [3.63, 3.8) is 0 Å². The SMILES string of the molecule is C[C@@H](Sc1nnnn1CCc1cccs1)C(=O)N1c2ccccc2C[C@@H]1C. The van der Waals surface area contributed by atoms with Gasteiger partial charge in [-0.1, -0.05) is 36.0 Å². The minimum atomic E-state index is -0.259. The summed E-state index contributed by atoms with van der Waals surface area (Å²) in [4.78, 5) is 16.4. The first-order chi connectivity index (χ1) is 13.1. The average Bonchev–Trinajstić information content (AvgIpc) is 3.38. The molecule has 0 aliphatic carbocycles. The molecule has 1 aliphatic heterocycles. The number of para-hydroxylation sites is 1. The standard InChI is InChI=1S/C19H21N5OS2/c1-13-12-15-6-3-4-8-17(15)24(13)18(25)14(2)27-19-20-21-22-23(19)10-9-16-7-5-11-26-16/h3-8,11,13-14H,9-10,12H2,1-2H3/t13-,14+/m0/s1. The Bertz CT molecular complexity index is 924. The van der Waals surface area contributed by atoms with Gasteiger partial charge in [0.1, 0.15) is 0 Å². The second-order valence-corrected chi connectivity index (χ2v) is 9.00. The van der Waals surface area contributed by atoms with Crippen LogP contribution in [0.25, 0.3) is 0 Å². The molecule has 3 aromatic rings. The number of amides is 1. The number of carbonyl (C=O) groups excluding carboxylic acids is 1. The summed E-state index contributed by atoms with van der Waals surface area (Å²) in [6.45, 7) is 4.74. The first-order valence-electron chi connectivity index (χ1n) is 8.99. The zero-order valence-electron chi connectivity index (χ0n) is 15.3. The maximum Gasteiger partial charge on any atom is 0.240 e. The van der Waals surface area contributed by atoms with Crippen LogP contribution in [0.3, 0.4) is 0 Å². The van der Waals surface area contributed by atoms with Crippen LogP contribution in [0.4, 0.5) is 5.69 Å². The van der Waals surface area contributed by atoms with Gasteiger partial charge in [-0.15, -0.1) is 16.4 Å². The quantitative estimate of drug-likeness (QED) is 0.594. The van der Waals surface area contributed by atoms with E-state index in [1.165, 1.54) is 22.2 Å². The second-order valence-electron chi connectivity index (χ2n) is 6.66. The normalized spacial score (nSPS) is 17.1. The first-order valence-corrected chi connectivity index (χ1v) is 10.8. The van der Waals surface area contributed by atoms with Gasteiger partial charge in [0.15, 0.2) is 0 Å². The van der Waals surface area contributed by atoms with Crippen LogP contribution in [0.5, 0.6) is 0 Å². The number of fused-ring (bicyclic) bond motifs is 1. The monoisotopic (exact) mass is 399 g/mol. The van der Waals surface area contributed by atoms with Crippen LogP contribution in [-0.2, 0) is 24.2 Å². The van der Waals surface area contributed by atoms with Crippen LogP contribution in [0.1, 0.15) is 24.3 Å². The fourth-order valence-corrected chi connectivity index (χ4v) is 4.96. The summed E-state index contributed by atoms with van der Waals surface area (Å²) >= 11 is 3.16. The Hall–Kier alpha value is -2.19. The van der Waals surface area contributed by atoms with Crippen molar-refractivity contribution in [3.8, 4) is 0 Å². The van der Waals surface area contributed by atoms with Crippen molar-refractivity contribution in [2.24, 2.45) is 0 Å². The van der Waals surface area contributed by atoms with E-state index in [2.05, 4.69) is 40.0 Å². The topological polar surface area (TPSA) is 63.9 Å². The molecule has 0 saturated carbocycles. The molecule has 8 heteroatoms. The number of thiophene rings is 1. The first kappa shape index (κ1) is 18.2. The van der Waals surface area contributed by atoms with Crippen LogP contribution in [0.2, 0.25) is 0 Å². The summed E-state index contributed by atoms with van der Waals surface area (Å²) in [5, 5.41) is 14.5. The Morgan fingerprint density at radius 3 is 3.00 bits per heavy atom. The molecule has 0 unspecified atom stereocenters. The van der Waals surface area contributed by atoms with Crippen LogP contribution in [-0.4, -0.2) is 37.4 Å². The molecule has 0 spiro atoms. The van der Waals surface area contributed by atoms with Crippen LogP contribution < -0.4 is 4.90 Å². The minimum absolute atomic E-state index is 0.102. The fourth-order valence-electron chi connectivity index (χ4n) is 3.40. The number of hydrogen-bond acceptors (Lipinski definition) is 6. The summed E-state index contributed by atoms with van der Waals surface area (Å²) in [6, 6.07) is 12.5. The van der Waals surface area contributed by atoms with Crippen molar-refractivity contribution in [2.45, 2.75) is 49.7 Å². The number of carbonyl (C=O) groups is 1. The largest absolute Gasteiger partial charge is 0.308 e. The molecule has 1 aromatic carbocycles. The molecule has 3 heterocycles. The zero-order chi connectivity index (χ0) is 18.8. The number of anilines is 1. The summed E-state index contributed by atoms with van der Waals surface area (Å²) < 4.78 is 1.79. The lowest BCUT2D eigenvalue weighted by molar-refractivity contribution is -0.118. The van der Waals surface area contributed by atoms with Crippen LogP contribution in [0, 0.1) is 0 Å². The van der Waals surface area contributed by atoms with Gasteiger partial charge in [-0.25, -0.2) is 4.68 Å². The van der Waals surface area contributed by atoms with Gasteiger partial charge in [0.25, 0.3) is 0 Å². The number of aromatic nitrogens is 4. The molecule has 4 rings (SSSR count). The van der Waals surface area contributed by atoms with E-state index in [1.807, 2.05) is 36.1 Å². The van der Waals surface area contributed by atoms with E-state index in [0.29, 0.717) is 11.7 Å². The van der Waals surface area contributed by atoms with Crippen molar-refractivity contribution in [2.75, 3.05) is 4.90 Å². The van der Waals surface area contributed by atoms with Crippen LogP contribution >= 0.6 is 23.1 Å². The number of benzene rings is 1. The van der Waals surface area contributed by atoms with Crippen LogP contribution in [0.15, 0.2) is 46.9 Å². The van der Waals surface area contributed by atoms with E-state index in [9.17, 15) is 4.79 Å². The van der Waals surface area contributed by atoms with E-state index in [1.54, 1.807) is 16.0 Å². The van der Waals surface area contributed by atoms with Crippen molar-refractivity contribution in [1.82, 2.24) is 20.2 Å². The third-order valence-corrected chi connectivity index (χ3v) is 6.72. The Labute approximate surface area is 166 Å².